The maximum Gasteiger partial charge on any atom is 0.317 e. The predicted molar refractivity (Wildman–Crippen MR) is 80.8 cm³/mol. The number of rotatable bonds is 10. The summed E-state index contributed by atoms with van der Waals surface area (Å²) in [6.07, 6.45) is 4.60. The number of nitrogens with zero attached hydrogens (tertiary/aromatic N) is 1. The summed E-state index contributed by atoms with van der Waals surface area (Å²) in [7, 11) is 0. The zero-order chi connectivity index (χ0) is 15.5. The number of aliphatic carboxylic acids is 1. The van der Waals surface area contributed by atoms with Gasteiger partial charge in [0.1, 0.15) is 0 Å². The van der Waals surface area contributed by atoms with Crippen LogP contribution in [-0.4, -0.2) is 41.1 Å². The summed E-state index contributed by atoms with van der Waals surface area (Å²) in [6, 6.07) is -0.0280. The smallest absolute Gasteiger partial charge is 0.317 e. The van der Waals surface area contributed by atoms with Gasteiger partial charge in [-0.2, -0.15) is 0 Å². The Kier molecular flexibility index (Phi) is 9.86. The van der Waals surface area contributed by atoms with Crippen LogP contribution in [0, 0.1) is 5.92 Å². The van der Waals surface area contributed by atoms with Gasteiger partial charge in [0, 0.05) is 19.1 Å². The van der Waals surface area contributed by atoms with Gasteiger partial charge in [-0.1, -0.05) is 33.1 Å². The Morgan fingerprint density at radius 2 is 1.80 bits per heavy atom. The van der Waals surface area contributed by atoms with Crippen molar-refractivity contribution >= 4 is 12.0 Å². The molecule has 0 radical (unpaired) electrons. The number of carboxylic acid groups (broad SMARTS) is 1. The fourth-order valence-electron chi connectivity index (χ4n) is 2.10. The molecule has 0 saturated carbocycles. The average molecular weight is 286 g/mol. The third-order valence-corrected chi connectivity index (χ3v) is 3.37. The molecule has 5 nitrogen and oxygen atoms in total. The van der Waals surface area contributed by atoms with Gasteiger partial charge in [0.15, 0.2) is 0 Å². The average Bonchev–Trinajstić information content (AvgIpc) is 2.38. The van der Waals surface area contributed by atoms with E-state index in [2.05, 4.69) is 12.2 Å². The number of carbonyl (C=O) groups is 2. The first-order valence-corrected chi connectivity index (χ1v) is 7.71. The molecule has 2 N–H and O–H groups in total. The maximum atomic E-state index is 12.1. The Hall–Kier alpha value is -1.26. The van der Waals surface area contributed by atoms with Crippen molar-refractivity contribution in [2.24, 2.45) is 5.92 Å². The molecular weight excluding hydrogens is 256 g/mol. The Bertz CT molecular complexity index is 293. The predicted octanol–water partition coefficient (Wildman–Crippen LogP) is 3.10. The van der Waals surface area contributed by atoms with Gasteiger partial charge in [0.05, 0.1) is 5.92 Å². The van der Waals surface area contributed by atoms with E-state index in [-0.39, 0.29) is 18.6 Å². The second-order valence-corrected chi connectivity index (χ2v) is 5.50. The third-order valence-electron chi connectivity index (χ3n) is 3.37. The van der Waals surface area contributed by atoms with Gasteiger partial charge in [0.25, 0.3) is 0 Å². The van der Waals surface area contributed by atoms with Gasteiger partial charge in [-0.05, 0) is 26.7 Å². The van der Waals surface area contributed by atoms with Crippen molar-refractivity contribution in [1.82, 2.24) is 10.2 Å². The number of amides is 2. The highest BCUT2D eigenvalue weighted by molar-refractivity contribution is 5.76. The van der Waals surface area contributed by atoms with Crippen molar-refractivity contribution in [2.75, 3.05) is 13.1 Å². The van der Waals surface area contributed by atoms with Crippen molar-refractivity contribution in [3.63, 3.8) is 0 Å². The van der Waals surface area contributed by atoms with Gasteiger partial charge < -0.3 is 15.3 Å². The molecule has 1 unspecified atom stereocenters. The summed E-state index contributed by atoms with van der Waals surface area (Å²) in [6.45, 7) is 8.96. The first kappa shape index (κ1) is 18.7. The first-order chi connectivity index (χ1) is 9.43. The number of carbonyl (C=O) groups excluding carboxylic acids is 1. The standard InChI is InChI=1S/C15H30N2O3/c1-5-7-8-10-17(12(3)4)15(20)16-11-13(9-6-2)14(18)19/h12-13H,5-11H2,1-4H3,(H,16,20)(H,18,19). The van der Waals surface area contributed by atoms with Crippen LogP contribution in [0.3, 0.4) is 0 Å². The highest BCUT2D eigenvalue weighted by atomic mass is 16.4. The highest BCUT2D eigenvalue weighted by Gasteiger charge is 2.20. The second kappa shape index (κ2) is 10.5. The van der Waals surface area contributed by atoms with Crippen molar-refractivity contribution in [2.45, 2.75) is 65.8 Å². The van der Waals surface area contributed by atoms with E-state index in [1.54, 1.807) is 4.90 Å². The lowest BCUT2D eigenvalue weighted by Gasteiger charge is -2.27. The molecule has 0 rings (SSSR count). The maximum absolute atomic E-state index is 12.1. The van der Waals surface area contributed by atoms with E-state index < -0.39 is 11.9 Å². The van der Waals surface area contributed by atoms with Crippen LogP contribution in [0.4, 0.5) is 4.79 Å². The van der Waals surface area contributed by atoms with E-state index in [1.165, 1.54) is 0 Å². The van der Waals surface area contributed by atoms with E-state index in [4.69, 9.17) is 5.11 Å². The van der Waals surface area contributed by atoms with Gasteiger partial charge in [-0.3, -0.25) is 4.79 Å². The van der Waals surface area contributed by atoms with E-state index in [9.17, 15) is 9.59 Å². The third kappa shape index (κ3) is 7.36. The molecule has 118 valence electrons. The molecule has 0 aliphatic rings. The quantitative estimate of drug-likeness (QED) is 0.606. The largest absolute Gasteiger partial charge is 0.481 e. The number of hydrogen-bond acceptors (Lipinski definition) is 2. The fourth-order valence-corrected chi connectivity index (χ4v) is 2.10. The summed E-state index contributed by atoms with van der Waals surface area (Å²) in [4.78, 5) is 25.0. The topological polar surface area (TPSA) is 69.6 Å². The molecule has 0 saturated heterocycles. The Morgan fingerprint density at radius 1 is 1.15 bits per heavy atom. The summed E-state index contributed by atoms with van der Waals surface area (Å²) in [5, 5.41) is 11.8. The first-order valence-electron chi connectivity index (χ1n) is 7.71. The molecule has 0 heterocycles. The van der Waals surface area contributed by atoms with E-state index >= 15 is 0 Å². The monoisotopic (exact) mass is 286 g/mol. The van der Waals surface area contributed by atoms with Crippen LogP contribution in [0.2, 0.25) is 0 Å². The summed E-state index contributed by atoms with van der Waals surface area (Å²) >= 11 is 0. The Labute approximate surface area is 122 Å². The summed E-state index contributed by atoms with van der Waals surface area (Å²) in [5.41, 5.74) is 0. The minimum Gasteiger partial charge on any atom is -0.481 e. The van der Waals surface area contributed by atoms with Gasteiger partial charge in [-0.15, -0.1) is 0 Å². The van der Waals surface area contributed by atoms with E-state index in [0.717, 1.165) is 32.2 Å². The molecule has 0 aliphatic carbocycles. The molecule has 0 aromatic rings. The summed E-state index contributed by atoms with van der Waals surface area (Å²) in [5.74, 6) is -1.33. The van der Waals surface area contributed by atoms with Gasteiger partial charge in [0.2, 0.25) is 0 Å². The molecule has 20 heavy (non-hydrogen) atoms. The van der Waals surface area contributed by atoms with Gasteiger partial charge in [-0.25, -0.2) is 4.79 Å². The molecule has 0 aromatic carbocycles. The molecule has 0 spiro atoms. The zero-order valence-electron chi connectivity index (χ0n) is 13.3. The second-order valence-electron chi connectivity index (χ2n) is 5.50. The van der Waals surface area contributed by atoms with Crippen LogP contribution in [0.5, 0.6) is 0 Å². The van der Waals surface area contributed by atoms with Crippen molar-refractivity contribution in [3.8, 4) is 0 Å². The minimum absolute atomic E-state index is 0.126. The van der Waals surface area contributed by atoms with Crippen LogP contribution < -0.4 is 5.32 Å². The van der Waals surface area contributed by atoms with E-state index in [1.807, 2.05) is 20.8 Å². The highest BCUT2D eigenvalue weighted by Crippen LogP contribution is 2.07. The lowest BCUT2D eigenvalue weighted by atomic mass is 10.0. The lowest BCUT2D eigenvalue weighted by molar-refractivity contribution is -0.141. The SMILES string of the molecule is CCCCCN(C(=O)NCC(CCC)C(=O)O)C(C)C. The molecule has 0 fully saturated rings. The Balaban J connectivity index is 4.33. The lowest BCUT2D eigenvalue weighted by Crippen LogP contribution is -2.46. The molecule has 5 heteroatoms. The summed E-state index contributed by atoms with van der Waals surface area (Å²) < 4.78 is 0. The van der Waals surface area contributed by atoms with E-state index in [0.29, 0.717) is 6.42 Å². The van der Waals surface area contributed by atoms with Crippen LogP contribution >= 0.6 is 0 Å². The molecule has 0 aliphatic heterocycles. The van der Waals surface area contributed by atoms with Crippen LogP contribution in [-0.2, 0) is 4.79 Å². The molecule has 1 atom stereocenters. The zero-order valence-corrected chi connectivity index (χ0v) is 13.3. The Morgan fingerprint density at radius 3 is 2.25 bits per heavy atom. The molecule has 2 amide bonds. The number of unbranched alkanes of at least 4 members (excludes halogenated alkanes) is 2. The minimum atomic E-state index is -0.839. The van der Waals surface area contributed by atoms with Crippen LogP contribution in [0.25, 0.3) is 0 Å². The molecular formula is C15H30N2O3. The molecule has 0 aromatic heterocycles. The number of urea groups is 1. The molecule has 0 bridgehead atoms. The van der Waals surface area contributed by atoms with Crippen molar-refractivity contribution < 1.29 is 14.7 Å². The van der Waals surface area contributed by atoms with Crippen molar-refractivity contribution in [3.05, 3.63) is 0 Å². The van der Waals surface area contributed by atoms with Crippen molar-refractivity contribution in [1.29, 1.82) is 0 Å². The fraction of sp³-hybridized carbons (Fsp3) is 0.867. The van der Waals surface area contributed by atoms with Gasteiger partial charge >= 0.3 is 12.0 Å². The normalized spacial score (nSPS) is 12.2. The van der Waals surface area contributed by atoms with Crippen LogP contribution in [0.15, 0.2) is 0 Å². The number of hydrogen-bond donors (Lipinski definition) is 2. The number of carboxylic acids is 1. The number of nitrogens with one attached hydrogen (secondary N) is 1. The van der Waals surface area contributed by atoms with Crippen LogP contribution in [0.1, 0.15) is 59.8 Å².